The fourth-order valence-electron chi connectivity index (χ4n) is 2.32. The molecule has 5 nitrogen and oxygen atoms in total. The highest BCUT2D eigenvalue weighted by Gasteiger charge is 2.13. The molecule has 0 spiro atoms. The van der Waals surface area contributed by atoms with Gasteiger partial charge in [0.25, 0.3) is 0 Å². The van der Waals surface area contributed by atoms with E-state index in [1.165, 1.54) is 6.08 Å². The second kappa shape index (κ2) is 8.11. The van der Waals surface area contributed by atoms with E-state index >= 15 is 0 Å². The standard InChI is InChI=1S/C18H23ClN4O/c1-13(2)11-23-18(19)16(14(3)21-23)8-9-17(24)22(4)12-15-7-5-6-10-20-15/h5-10,13H,11-12H2,1-4H3. The Morgan fingerprint density at radius 3 is 2.79 bits per heavy atom. The molecule has 2 aromatic rings. The smallest absolute Gasteiger partial charge is 0.246 e. The first-order chi connectivity index (χ1) is 11.4. The molecule has 0 N–H and O–H groups in total. The van der Waals surface area contributed by atoms with Crippen LogP contribution in [0.2, 0.25) is 5.15 Å². The summed E-state index contributed by atoms with van der Waals surface area (Å²) in [5, 5.41) is 5.01. The number of pyridine rings is 1. The lowest BCUT2D eigenvalue weighted by Crippen LogP contribution is -2.24. The van der Waals surface area contributed by atoms with Gasteiger partial charge in [0.2, 0.25) is 5.91 Å². The highest BCUT2D eigenvalue weighted by Crippen LogP contribution is 2.22. The van der Waals surface area contributed by atoms with Crippen LogP contribution < -0.4 is 0 Å². The summed E-state index contributed by atoms with van der Waals surface area (Å²) in [5.74, 6) is 0.345. The quantitative estimate of drug-likeness (QED) is 0.751. The summed E-state index contributed by atoms with van der Waals surface area (Å²) in [6, 6.07) is 5.65. The largest absolute Gasteiger partial charge is 0.336 e. The Balaban J connectivity index is 2.07. The molecule has 0 aliphatic heterocycles. The van der Waals surface area contributed by atoms with Gasteiger partial charge in [-0.05, 0) is 31.1 Å². The van der Waals surface area contributed by atoms with Crippen molar-refractivity contribution < 1.29 is 4.79 Å². The lowest BCUT2D eigenvalue weighted by Gasteiger charge is -2.14. The Hall–Kier alpha value is -2.14. The highest BCUT2D eigenvalue weighted by molar-refractivity contribution is 6.31. The number of aromatic nitrogens is 3. The maximum Gasteiger partial charge on any atom is 0.246 e. The molecule has 6 heteroatoms. The van der Waals surface area contributed by atoms with E-state index in [1.807, 2.05) is 25.1 Å². The van der Waals surface area contributed by atoms with Crippen LogP contribution in [0.5, 0.6) is 0 Å². The van der Waals surface area contributed by atoms with E-state index in [9.17, 15) is 4.79 Å². The third kappa shape index (κ3) is 4.68. The summed E-state index contributed by atoms with van der Waals surface area (Å²) >= 11 is 6.38. The van der Waals surface area contributed by atoms with Gasteiger partial charge in [0, 0.05) is 31.4 Å². The number of aryl methyl sites for hydroxylation is 1. The summed E-state index contributed by atoms with van der Waals surface area (Å²) in [7, 11) is 1.75. The van der Waals surface area contributed by atoms with Crippen LogP contribution >= 0.6 is 11.6 Å². The van der Waals surface area contributed by atoms with Crippen molar-refractivity contribution in [3.63, 3.8) is 0 Å². The molecule has 2 rings (SSSR count). The Morgan fingerprint density at radius 1 is 1.42 bits per heavy atom. The fraction of sp³-hybridized carbons (Fsp3) is 0.389. The molecular weight excluding hydrogens is 324 g/mol. The molecule has 0 aliphatic carbocycles. The molecule has 0 saturated heterocycles. The van der Waals surface area contributed by atoms with Gasteiger partial charge >= 0.3 is 0 Å². The molecule has 0 bridgehead atoms. The normalized spacial score (nSPS) is 11.4. The molecule has 0 aliphatic rings. The SMILES string of the molecule is Cc1nn(CC(C)C)c(Cl)c1C=CC(=O)N(C)Cc1ccccn1. The van der Waals surface area contributed by atoms with Crippen LogP contribution in [0, 0.1) is 12.8 Å². The number of carbonyl (C=O) groups is 1. The molecular formula is C18H23ClN4O. The van der Waals surface area contributed by atoms with Gasteiger partial charge in [-0.3, -0.25) is 14.5 Å². The molecule has 0 unspecified atom stereocenters. The second-order valence-corrected chi connectivity index (χ2v) is 6.57. The highest BCUT2D eigenvalue weighted by atomic mass is 35.5. The van der Waals surface area contributed by atoms with Crippen LogP contribution in [-0.4, -0.2) is 32.6 Å². The molecule has 24 heavy (non-hydrogen) atoms. The van der Waals surface area contributed by atoms with E-state index in [-0.39, 0.29) is 5.91 Å². The van der Waals surface area contributed by atoms with E-state index in [0.717, 1.165) is 23.5 Å². The summed E-state index contributed by atoms with van der Waals surface area (Å²) in [5.41, 5.74) is 2.45. The van der Waals surface area contributed by atoms with Crippen molar-refractivity contribution in [3.8, 4) is 0 Å². The Bertz CT molecular complexity index is 722. The number of amides is 1. The number of nitrogens with zero attached hydrogens (tertiary/aromatic N) is 4. The van der Waals surface area contributed by atoms with Crippen molar-refractivity contribution in [2.75, 3.05) is 7.05 Å². The van der Waals surface area contributed by atoms with E-state index < -0.39 is 0 Å². The average Bonchev–Trinajstić information content (AvgIpc) is 2.79. The van der Waals surface area contributed by atoms with Gasteiger partial charge < -0.3 is 4.90 Å². The van der Waals surface area contributed by atoms with Gasteiger partial charge in [-0.25, -0.2) is 0 Å². The average molecular weight is 347 g/mol. The molecule has 2 heterocycles. The van der Waals surface area contributed by atoms with Gasteiger partial charge in [0.1, 0.15) is 5.15 Å². The van der Waals surface area contributed by atoms with Crippen molar-refractivity contribution in [1.82, 2.24) is 19.7 Å². The third-order valence-electron chi connectivity index (χ3n) is 3.54. The van der Waals surface area contributed by atoms with E-state index in [1.54, 1.807) is 28.9 Å². The summed E-state index contributed by atoms with van der Waals surface area (Å²) in [6.07, 6.45) is 4.98. The monoisotopic (exact) mass is 346 g/mol. The predicted octanol–water partition coefficient (Wildman–Crippen LogP) is 3.57. The van der Waals surface area contributed by atoms with Crippen molar-refractivity contribution in [1.29, 1.82) is 0 Å². The molecule has 128 valence electrons. The van der Waals surface area contributed by atoms with Gasteiger partial charge in [-0.15, -0.1) is 0 Å². The first-order valence-electron chi connectivity index (χ1n) is 7.94. The Labute approximate surface area is 147 Å². The van der Waals surface area contributed by atoms with Crippen LogP contribution in [0.25, 0.3) is 6.08 Å². The zero-order valence-electron chi connectivity index (χ0n) is 14.5. The molecule has 1 amide bonds. The maximum atomic E-state index is 12.3. The van der Waals surface area contributed by atoms with Gasteiger partial charge in [0.15, 0.2) is 0 Å². The van der Waals surface area contributed by atoms with Gasteiger partial charge in [-0.2, -0.15) is 5.10 Å². The topological polar surface area (TPSA) is 51.0 Å². The number of halogens is 1. The van der Waals surface area contributed by atoms with E-state index in [2.05, 4.69) is 23.9 Å². The van der Waals surface area contributed by atoms with Crippen LogP contribution in [-0.2, 0) is 17.9 Å². The zero-order valence-corrected chi connectivity index (χ0v) is 15.3. The molecule has 0 aromatic carbocycles. The lowest BCUT2D eigenvalue weighted by molar-refractivity contribution is -0.125. The number of hydrogen-bond acceptors (Lipinski definition) is 3. The Kier molecular flexibility index (Phi) is 6.15. The number of rotatable bonds is 6. The summed E-state index contributed by atoms with van der Waals surface area (Å²) in [4.78, 5) is 18.1. The van der Waals surface area contributed by atoms with Crippen molar-refractivity contribution >= 4 is 23.6 Å². The third-order valence-corrected chi connectivity index (χ3v) is 3.94. The van der Waals surface area contributed by atoms with Crippen LogP contribution in [0.3, 0.4) is 0 Å². The first kappa shape index (κ1) is 18.2. The van der Waals surface area contributed by atoms with Gasteiger partial charge in [0.05, 0.1) is 17.9 Å². The van der Waals surface area contributed by atoms with Crippen LogP contribution in [0.1, 0.15) is 30.8 Å². The summed E-state index contributed by atoms with van der Waals surface area (Å²) in [6.45, 7) is 7.33. The molecule has 0 saturated carbocycles. The number of likely N-dealkylation sites (N-methyl/N-ethyl adjacent to an activating group) is 1. The number of hydrogen-bond donors (Lipinski definition) is 0. The minimum atomic E-state index is -0.104. The number of carbonyl (C=O) groups excluding carboxylic acids is 1. The molecule has 0 radical (unpaired) electrons. The van der Waals surface area contributed by atoms with E-state index in [4.69, 9.17) is 11.6 Å². The molecule has 2 aromatic heterocycles. The van der Waals surface area contributed by atoms with Crippen molar-refractivity contribution in [2.45, 2.75) is 33.9 Å². The van der Waals surface area contributed by atoms with Crippen LogP contribution in [0.4, 0.5) is 0 Å². The maximum absolute atomic E-state index is 12.3. The molecule has 0 atom stereocenters. The minimum absolute atomic E-state index is 0.104. The van der Waals surface area contributed by atoms with E-state index in [0.29, 0.717) is 17.6 Å². The van der Waals surface area contributed by atoms with Gasteiger partial charge in [-0.1, -0.05) is 31.5 Å². The Morgan fingerprint density at radius 2 is 2.17 bits per heavy atom. The first-order valence-corrected chi connectivity index (χ1v) is 8.32. The zero-order chi connectivity index (χ0) is 17.7. The lowest BCUT2D eigenvalue weighted by atomic mass is 10.2. The predicted molar refractivity (Wildman–Crippen MR) is 96.6 cm³/mol. The van der Waals surface area contributed by atoms with Crippen molar-refractivity contribution in [2.24, 2.45) is 5.92 Å². The minimum Gasteiger partial charge on any atom is -0.336 e. The summed E-state index contributed by atoms with van der Waals surface area (Å²) < 4.78 is 1.78. The second-order valence-electron chi connectivity index (χ2n) is 6.21. The molecule has 0 fully saturated rings. The van der Waals surface area contributed by atoms with Crippen LogP contribution in [0.15, 0.2) is 30.5 Å². The fourth-order valence-corrected chi connectivity index (χ4v) is 2.62. The van der Waals surface area contributed by atoms with Crippen molar-refractivity contribution in [3.05, 3.63) is 52.6 Å².